The van der Waals surface area contributed by atoms with Crippen LogP contribution < -0.4 is 5.32 Å². The molecule has 1 N–H and O–H groups in total. The lowest BCUT2D eigenvalue weighted by Gasteiger charge is -2.22. The summed E-state index contributed by atoms with van der Waals surface area (Å²) in [4.78, 5) is 38.4. The highest BCUT2D eigenvalue weighted by atomic mass is 16.5. The quantitative estimate of drug-likeness (QED) is 0.630. The number of esters is 1. The molecular formula is C21H24N2O5. The maximum atomic E-state index is 13.1. The summed E-state index contributed by atoms with van der Waals surface area (Å²) in [5, 5.41) is 2.77. The van der Waals surface area contributed by atoms with Crippen molar-refractivity contribution in [3.63, 3.8) is 0 Å². The predicted molar refractivity (Wildman–Crippen MR) is 102 cm³/mol. The van der Waals surface area contributed by atoms with Crippen molar-refractivity contribution in [1.29, 1.82) is 0 Å². The third-order valence-electron chi connectivity index (χ3n) is 5.12. The second-order valence-electron chi connectivity index (χ2n) is 7.40. The summed E-state index contributed by atoms with van der Waals surface area (Å²) in [5.74, 6) is 0.184. The largest absolute Gasteiger partial charge is 0.465 e. The first-order valence-corrected chi connectivity index (χ1v) is 9.09. The molecule has 1 aliphatic heterocycles. The molecule has 1 atom stereocenters. The number of hydrogen-bond donors (Lipinski definition) is 1. The van der Waals surface area contributed by atoms with Crippen LogP contribution in [0.5, 0.6) is 0 Å². The second-order valence-corrected chi connectivity index (χ2v) is 7.40. The van der Waals surface area contributed by atoms with Gasteiger partial charge in [-0.1, -0.05) is 38.1 Å². The van der Waals surface area contributed by atoms with E-state index in [1.807, 2.05) is 24.3 Å². The Hall–Kier alpha value is -3.09. The number of carbonyl (C=O) groups excluding carboxylic acids is 3. The van der Waals surface area contributed by atoms with Gasteiger partial charge in [0.05, 0.1) is 13.7 Å². The van der Waals surface area contributed by atoms with E-state index in [4.69, 9.17) is 9.15 Å². The van der Waals surface area contributed by atoms with E-state index in [0.29, 0.717) is 23.0 Å². The average molecular weight is 384 g/mol. The van der Waals surface area contributed by atoms with Gasteiger partial charge in [0.25, 0.3) is 5.91 Å². The van der Waals surface area contributed by atoms with Gasteiger partial charge in [0.2, 0.25) is 0 Å². The Bertz CT molecular complexity index is 929. The fraction of sp³-hybridized carbons (Fsp3) is 0.381. The van der Waals surface area contributed by atoms with Crippen LogP contribution >= 0.6 is 0 Å². The van der Waals surface area contributed by atoms with Crippen LogP contribution in [0.15, 0.2) is 34.7 Å². The molecule has 0 spiro atoms. The van der Waals surface area contributed by atoms with Crippen LogP contribution in [0.3, 0.4) is 0 Å². The summed E-state index contributed by atoms with van der Waals surface area (Å²) in [6.07, 6.45) is 0. The van der Waals surface area contributed by atoms with Crippen molar-refractivity contribution in [2.24, 2.45) is 0 Å². The summed E-state index contributed by atoms with van der Waals surface area (Å²) in [5.41, 5.74) is 0.988. The number of urea groups is 1. The van der Waals surface area contributed by atoms with E-state index in [9.17, 15) is 14.4 Å². The Kier molecular flexibility index (Phi) is 5.02. The van der Waals surface area contributed by atoms with Crippen LogP contribution in [-0.4, -0.2) is 29.9 Å². The number of imide groups is 1. The van der Waals surface area contributed by atoms with Crippen LogP contribution in [0.4, 0.5) is 4.79 Å². The minimum absolute atomic E-state index is 0.0673. The Morgan fingerprint density at radius 3 is 2.46 bits per heavy atom. The second kappa shape index (κ2) is 7.14. The summed E-state index contributed by atoms with van der Waals surface area (Å²) < 4.78 is 10.2. The third kappa shape index (κ3) is 3.28. The summed E-state index contributed by atoms with van der Waals surface area (Å²) >= 11 is 0. The summed E-state index contributed by atoms with van der Waals surface area (Å²) in [7, 11) is 1.28. The van der Waals surface area contributed by atoms with E-state index >= 15 is 0 Å². The number of methoxy groups -OCH3 is 1. The lowest BCUT2D eigenvalue weighted by Crippen LogP contribution is -2.40. The molecule has 0 aliphatic carbocycles. The van der Waals surface area contributed by atoms with E-state index < -0.39 is 17.5 Å². The number of benzene rings is 1. The van der Waals surface area contributed by atoms with Gasteiger partial charge in [0.15, 0.2) is 0 Å². The molecule has 0 unspecified atom stereocenters. The molecule has 2 heterocycles. The highest BCUT2D eigenvalue weighted by molar-refractivity contribution is 6.07. The Morgan fingerprint density at radius 2 is 1.89 bits per heavy atom. The zero-order chi connectivity index (χ0) is 20.6. The van der Waals surface area contributed by atoms with E-state index in [-0.39, 0.29) is 18.0 Å². The maximum absolute atomic E-state index is 13.1. The van der Waals surface area contributed by atoms with Crippen molar-refractivity contribution >= 4 is 17.9 Å². The van der Waals surface area contributed by atoms with Crippen molar-refractivity contribution in [3.05, 3.63) is 58.5 Å². The van der Waals surface area contributed by atoms with Gasteiger partial charge in [-0.15, -0.1) is 0 Å². The molecule has 3 amide bonds. The molecule has 1 aromatic heterocycles. The molecule has 148 valence electrons. The molecule has 1 fully saturated rings. The zero-order valence-corrected chi connectivity index (χ0v) is 16.7. The Balaban J connectivity index is 1.84. The van der Waals surface area contributed by atoms with Gasteiger partial charge in [0, 0.05) is 0 Å². The van der Waals surface area contributed by atoms with Crippen LogP contribution in [0.1, 0.15) is 59.7 Å². The van der Waals surface area contributed by atoms with E-state index in [1.165, 1.54) is 13.2 Å². The molecule has 7 heteroatoms. The van der Waals surface area contributed by atoms with Crippen LogP contribution in [-0.2, 0) is 21.6 Å². The summed E-state index contributed by atoms with van der Waals surface area (Å²) in [6.45, 7) is 7.43. The minimum Gasteiger partial charge on any atom is -0.465 e. The first-order valence-electron chi connectivity index (χ1n) is 9.09. The standard InChI is InChI=1S/C21H24N2O5/c1-12(2)14-6-8-15(9-7-14)21(4)19(25)23(20(26)22-21)11-16-10-17(13(3)28-16)18(24)27-5/h6-10,12H,11H2,1-5H3,(H,22,26)/t21-/m0/s1. The number of amides is 3. The van der Waals surface area contributed by atoms with Gasteiger partial charge in [-0.3, -0.25) is 9.69 Å². The maximum Gasteiger partial charge on any atom is 0.341 e. The molecule has 0 saturated carbocycles. The number of nitrogens with one attached hydrogen (secondary N) is 1. The third-order valence-corrected chi connectivity index (χ3v) is 5.12. The highest BCUT2D eigenvalue weighted by Gasteiger charge is 2.49. The fourth-order valence-electron chi connectivity index (χ4n) is 3.33. The van der Waals surface area contributed by atoms with Crippen molar-refractivity contribution in [3.8, 4) is 0 Å². The molecule has 3 rings (SSSR count). The van der Waals surface area contributed by atoms with Crippen molar-refractivity contribution in [2.75, 3.05) is 7.11 Å². The minimum atomic E-state index is -1.15. The van der Waals surface area contributed by atoms with E-state index in [2.05, 4.69) is 19.2 Å². The van der Waals surface area contributed by atoms with E-state index in [0.717, 1.165) is 10.5 Å². The molecule has 7 nitrogen and oxygen atoms in total. The highest BCUT2D eigenvalue weighted by Crippen LogP contribution is 2.31. The Morgan fingerprint density at radius 1 is 1.25 bits per heavy atom. The van der Waals surface area contributed by atoms with Gasteiger partial charge in [-0.2, -0.15) is 0 Å². The number of hydrogen-bond acceptors (Lipinski definition) is 5. The molecule has 0 radical (unpaired) electrons. The number of ether oxygens (including phenoxy) is 1. The van der Waals surface area contributed by atoms with Crippen molar-refractivity contribution < 1.29 is 23.5 Å². The number of carbonyl (C=O) groups is 3. The molecule has 1 aliphatic rings. The van der Waals surface area contributed by atoms with Crippen molar-refractivity contribution in [2.45, 2.75) is 45.7 Å². The first-order chi connectivity index (χ1) is 13.2. The van der Waals surface area contributed by atoms with Gasteiger partial charge in [0.1, 0.15) is 22.6 Å². The van der Waals surface area contributed by atoms with Crippen LogP contribution in [0, 0.1) is 6.92 Å². The van der Waals surface area contributed by atoms with Gasteiger partial charge < -0.3 is 14.5 Å². The van der Waals surface area contributed by atoms with Gasteiger partial charge in [-0.05, 0) is 37.0 Å². The molecule has 2 aromatic rings. The topological polar surface area (TPSA) is 88.9 Å². The molecule has 1 aromatic carbocycles. The zero-order valence-electron chi connectivity index (χ0n) is 16.7. The van der Waals surface area contributed by atoms with Crippen molar-refractivity contribution in [1.82, 2.24) is 10.2 Å². The smallest absolute Gasteiger partial charge is 0.341 e. The fourth-order valence-corrected chi connectivity index (χ4v) is 3.33. The first kappa shape index (κ1) is 19.7. The molecule has 1 saturated heterocycles. The normalized spacial score (nSPS) is 19.3. The number of aryl methyl sites for hydroxylation is 1. The van der Waals surface area contributed by atoms with Gasteiger partial charge in [-0.25, -0.2) is 9.59 Å². The predicted octanol–water partition coefficient (Wildman–Crippen LogP) is 3.47. The summed E-state index contributed by atoms with van der Waals surface area (Å²) in [6, 6.07) is 8.65. The lowest BCUT2D eigenvalue weighted by molar-refractivity contribution is -0.131. The number of rotatable bonds is 5. The lowest BCUT2D eigenvalue weighted by atomic mass is 9.90. The SMILES string of the molecule is COC(=O)c1cc(CN2C(=O)N[C@@](C)(c3ccc(C(C)C)cc3)C2=O)oc1C. The average Bonchev–Trinajstić information content (AvgIpc) is 3.14. The van der Waals surface area contributed by atoms with Crippen LogP contribution in [0.2, 0.25) is 0 Å². The van der Waals surface area contributed by atoms with Crippen LogP contribution in [0.25, 0.3) is 0 Å². The molecule has 28 heavy (non-hydrogen) atoms. The monoisotopic (exact) mass is 384 g/mol. The molecular weight excluding hydrogens is 360 g/mol. The molecule has 0 bridgehead atoms. The number of nitrogens with zero attached hydrogens (tertiary/aromatic N) is 1. The van der Waals surface area contributed by atoms with Gasteiger partial charge >= 0.3 is 12.0 Å². The Labute approximate surface area is 163 Å². The number of furan rings is 1. The van der Waals surface area contributed by atoms with E-state index in [1.54, 1.807) is 13.8 Å².